The third-order valence-electron chi connectivity index (χ3n) is 5.23. The molecule has 5 heteroatoms. The van der Waals surface area contributed by atoms with Gasteiger partial charge >= 0.3 is 0 Å². The van der Waals surface area contributed by atoms with Crippen molar-refractivity contribution in [3.8, 4) is 0 Å². The molecule has 1 amide bonds. The van der Waals surface area contributed by atoms with Crippen molar-refractivity contribution < 1.29 is 9.21 Å². The lowest BCUT2D eigenvalue weighted by Crippen LogP contribution is -2.47. The van der Waals surface area contributed by atoms with Crippen LogP contribution < -0.4 is 0 Å². The minimum atomic E-state index is 0.0302. The Labute approximate surface area is 139 Å². The van der Waals surface area contributed by atoms with Gasteiger partial charge in [-0.25, -0.2) is 4.98 Å². The number of hydrogen-bond acceptors (Lipinski definition) is 4. The van der Waals surface area contributed by atoms with Crippen LogP contribution in [0.4, 0.5) is 0 Å². The van der Waals surface area contributed by atoms with Crippen LogP contribution in [-0.4, -0.2) is 52.9 Å². The minimum Gasteiger partial charge on any atom is -0.436 e. The zero-order valence-corrected chi connectivity index (χ0v) is 14.5. The molecule has 23 heavy (non-hydrogen) atoms. The third-order valence-corrected chi connectivity index (χ3v) is 5.23. The number of oxazole rings is 1. The Morgan fingerprint density at radius 2 is 1.87 bits per heavy atom. The summed E-state index contributed by atoms with van der Waals surface area (Å²) in [7, 11) is 0. The molecule has 2 aliphatic rings. The maximum Gasteiger partial charge on any atom is 0.291 e. The summed E-state index contributed by atoms with van der Waals surface area (Å²) >= 11 is 0. The molecule has 3 rings (SSSR count). The Morgan fingerprint density at radius 3 is 2.39 bits per heavy atom. The SMILES string of the molecule is Cc1nc(C)c(C(=O)N(CCN2CCCCCC2)C2CCC2)o1. The first-order valence-corrected chi connectivity index (χ1v) is 9.12. The van der Waals surface area contributed by atoms with Crippen LogP contribution in [0.2, 0.25) is 0 Å². The van der Waals surface area contributed by atoms with Gasteiger partial charge < -0.3 is 14.2 Å². The molecule has 0 aromatic carbocycles. The van der Waals surface area contributed by atoms with Crippen molar-refractivity contribution in [2.75, 3.05) is 26.2 Å². The standard InChI is InChI=1S/C18H29N3O2/c1-14-17(23-15(2)19-14)18(22)21(16-8-7-9-16)13-12-20-10-5-3-4-6-11-20/h16H,3-13H2,1-2H3. The summed E-state index contributed by atoms with van der Waals surface area (Å²) in [6.45, 7) is 7.80. The highest BCUT2D eigenvalue weighted by atomic mass is 16.4. The number of nitrogens with zero attached hydrogens (tertiary/aromatic N) is 3. The second kappa shape index (κ2) is 7.47. The molecular formula is C18H29N3O2. The topological polar surface area (TPSA) is 49.6 Å². The maximum absolute atomic E-state index is 12.9. The van der Waals surface area contributed by atoms with Gasteiger partial charge in [0.05, 0.1) is 5.69 Å². The third kappa shape index (κ3) is 3.94. The molecule has 5 nitrogen and oxygen atoms in total. The molecular weight excluding hydrogens is 290 g/mol. The molecule has 1 aromatic rings. The van der Waals surface area contributed by atoms with Gasteiger partial charge in [-0.1, -0.05) is 12.8 Å². The second-order valence-electron chi connectivity index (χ2n) is 6.99. The molecule has 0 radical (unpaired) electrons. The van der Waals surface area contributed by atoms with E-state index in [0.717, 1.165) is 25.9 Å². The summed E-state index contributed by atoms with van der Waals surface area (Å²) in [5.41, 5.74) is 0.714. The molecule has 1 aliphatic heterocycles. The predicted molar refractivity (Wildman–Crippen MR) is 89.6 cm³/mol. The van der Waals surface area contributed by atoms with E-state index in [-0.39, 0.29) is 5.91 Å². The number of amides is 1. The molecule has 1 aromatic heterocycles. The number of carbonyl (C=O) groups is 1. The molecule has 0 unspecified atom stereocenters. The Balaban J connectivity index is 1.65. The van der Waals surface area contributed by atoms with Gasteiger partial charge in [-0.2, -0.15) is 0 Å². The van der Waals surface area contributed by atoms with E-state index in [2.05, 4.69) is 9.88 Å². The summed E-state index contributed by atoms with van der Waals surface area (Å²) in [5, 5.41) is 0. The number of rotatable bonds is 5. The summed E-state index contributed by atoms with van der Waals surface area (Å²) in [6, 6.07) is 0.388. The van der Waals surface area contributed by atoms with Crippen LogP contribution >= 0.6 is 0 Å². The average molecular weight is 319 g/mol. The van der Waals surface area contributed by atoms with Gasteiger partial charge in [-0.3, -0.25) is 4.79 Å². The summed E-state index contributed by atoms with van der Waals surface area (Å²) < 4.78 is 5.57. The summed E-state index contributed by atoms with van der Waals surface area (Å²) in [6.07, 6.45) is 8.74. The van der Waals surface area contributed by atoms with Crippen molar-refractivity contribution in [3.05, 3.63) is 17.3 Å². The van der Waals surface area contributed by atoms with E-state index in [1.165, 1.54) is 45.2 Å². The normalized spacial score (nSPS) is 20.1. The Morgan fingerprint density at radius 1 is 1.17 bits per heavy atom. The molecule has 0 atom stereocenters. The summed E-state index contributed by atoms with van der Waals surface area (Å²) in [5.74, 6) is 1.04. The van der Waals surface area contributed by atoms with Crippen molar-refractivity contribution in [1.29, 1.82) is 0 Å². The van der Waals surface area contributed by atoms with Gasteiger partial charge in [0, 0.05) is 26.1 Å². The molecule has 2 fully saturated rings. The van der Waals surface area contributed by atoms with E-state index in [1.54, 1.807) is 6.92 Å². The lowest BCUT2D eigenvalue weighted by Gasteiger charge is -2.38. The highest BCUT2D eigenvalue weighted by Gasteiger charge is 2.32. The van der Waals surface area contributed by atoms with Gasteiger partial charge in [-0.05, 0) is 52.1 Å². The van der Waals surface area contributed by atoms with Crippen molar-refractivity contribution in [2.24, 2.45) is 0 Å². The van der Waals surface area contributed by atoms with E-state index in [4.69, 9.17) is 4.42 Å². The molecule has 0 bridgehead atoms. The fourth-order valence-corrected chi connectivity index (χ4v) is 3.62. The molecule has 1 saturated carbocycles. The zero-order chi connectivity index (χ0) is 16.2. The molecule has 0 spiro atoms. The van der Waals surface area contributed by atoms with Gasteiger partial charge in [0.25, 0.3) is 5.91 Å². The second-order valence-corrected chi connectivity index (χ2v) is 6.99. The average Bonchev–Trinajstić information content (AvgIpc) is 2.68. The van der Waals surface area contributed by atoms with E-state index < -0.39 is 0 Å². The maximum atomic E-state index is 12.9. The zero-order valence-electron chi connectivity index (χ0n) is 14.5. The fraction of sp³-hybridized carbons (Fsp3) is 0.778. The number of hydrogen-bond donors (Lipinski definition) is 0. The van der Waals surface area contributed by atoms with Crippen LogP contribution in [0.15, 0.2) is 4.42 Å². The fourth-order valence-electron chi connectivity index (χ4n) is 3.62. The Kier molecular flexibility index (Phi) is 5.36. The van der Waals surface area contributed by atoms with Gasteiger partial charge in [-0.15, -0.1) is 0 Å². The van der Waals surface area contributed by atoms with Crippen molar-refractivity contribution in [3.63, 3.8) is 0 Å². The van der Waals surface area contributed by atoms with Gasteiger partial charge in [0.1, 0.15) is 0 Å². The van der Waals surface area contributed by atoms with E-state index >= 15 is 0 Å². The molecule has 128 valence electrons. The number of aromatic nitrogens is 1. The minimum absolute atomic E-state index is 0.0302. The largest absolute Gasteiger partial charge is 0.436 e. The van der Waals surface area contributed by atoms with Crippen LogP contribution in [0.5, 0.6) is 0 Å². The summed E-state index contributed by atoms with van der Waals surface area (Å²) in [4.78, 5) is 21.7. The Bertz CT molecular complexity index is 528. The van der Waals surface area contributed by atoms with Crippen molar-refractivity contribution in [2.45, 2.75) is 64.8 Å². The molecule has 2 heterocycles. The highest BCUT2D eigenvalue weighted by Crippen LogP contribution is 2.27. The highest BCUT2D eigenvalue weighted by molar-refractivity contribution is 5.92. The van der Waals surface area contributed by atoms with Crippen LogP contribution in [-0.2, 0) is 0 Å². The smallest absolute Gasteiger partial charge is 0.291 e. The first-order chi connectivity index (χ1) is 11.1. The van der Waals surface area contributed by atoms with Crippen LogP contribution in [0.1, 0.15) is 67.1 Å². The first-order valence-electron chi connectivity index (χ1n) is 9.12. The van der Waals surface area contributed by atoms with Crippen LogP contribution in [0.25, 0.3) is 0 Å². The number of carbonyl (C=O) groups excluding carboxylic acids is 1. The molecule has 1 saturated heterocycles. The number of aryl methyl sites for hydroxylation is 2. The Hall–Kier alpha value is -1.36. The molecule has 1 aliphatic carbocycles. The predicted octanol–water partition coefficient (Wildman–Crippen LogP) is 3.16. The van der Waals surface area contributed by atoms with E-state index in [0.29, 0.717) is 23.4 Å². The number of likely N-dealkylation sites (tertiary alicyclic amines) is 1. The lowest BCUT2D eigenvalue weighted by molar-refractivity contribution is 0.0514. The van der Waals surface area contributed by atoms with Crippen molar-refractivity contribution >= 4 is 5.91 Å². The monoisotopic (exact) mass is 319 g/mol. The lowest BCUT2D eigenvalue weighted by atomic mass is 9.91. The van der Waals surface area contributed by atoms with Crippen molar-refractivity contribution in [1.82, 2.24) is 14.8 Å². The van der Waals surface area contributed by atoms with Gasteiger partial charge in [0.2, 0.25) is 5.76 Å². The van der Waals surface area contributed by atoms with Gasteiger partial charge in [0.15, 0.2) is 5.89 Å². The van der Waals surface area contributed by atoms with E-state index in [1.807, 2.05) is 11.8 Å². The first kappa shape index (κ1) is 16.5. The molecule has 0 N–H and O–H groups in total. The van der Waals surface area contributed by atoms with Crippen LogP contribution in [0.3, 0.4) is 0 Å². The van der Waals surface area contributed by atoms with E-state index in [9.17, 15) is 4.79 Å². The quantitative estimate of drug-likeness (QED) is 0.836. The van der Waals surface area contributed by atoms with Crippen LogP contribution in [0, 0.1) is 13.8 Å².